The summed E-state index contributed by atoms with van der Waals surface area (Å²) in [6.07, 6.45) is -2.33. The molecule has 0 unspecified atom stereocenters. The molecule has 0 saturated heterocycles. The summed E-state index contributed by atoms with van der Waals surface area (Å²) in [6.45, 7) is 0. The molecule has 11 nitrogen and oxygen atoms in total. The molecular weight excluding hydrogens is 315 g/mol. The van der Waals surface area contributed by atoms with Crippen LogP contribution in [0.15, 0.2) is 0 Å². The first-order valence-electron chi connectivity index (χ1n) is 0.612. The van der Waals surface area contributed by atoms with Crippen LogP contribution in [-0.2, 0) is 34.1 Å². The number of rotatable bonds is 0. The minimum absolute atomic E-state index is 0. The van der Waals surface area contributed by atoms with E-state index < -0.39 is 6.16 Å². The zero-order chi connectivity index (χ0) is 3.58. The molecule has 0 amide bonds. The molecule has 0 aliphatic rings. The van der Waals surface area contributed by atoms with Crippen molar-refractivity contribution in [2.45, 2.75) is 0 Å². The largest absolute Gasteiger partial charge is 1.00 e. The maximum Gasteiger partial charge on any atom is 1.00 e. The van der Waals surface area contributed by atoms with Gasteiger partial charge in [0.1, 0.15) is 0 Å². The van der Waals surface area contributed by atoms with Gasteiger partial charge in [-0.1, -0.05) is 0 Å². The van der Waals surface area contributed by atoms with Crippen LogP contribution in [-0.4, -0.2) is 50.0 Å². The predicted molar refractivity (Wildman–Crippen MR) is 34.3 cm³/mol. The second-order valence-electron chi connectivity index (χ2n) is 0.250. The fourth-order valence-corrected chi connectivity index (χ4v) is 0. The average molecular weight is 331 g/mol. The van der Waals surface area contributed by atoms with E-state index in [1.165, 1.54) is 0 Å². The molecular formula is CH16Cu2O11. The van der Waals surface area contributed by atoms with E-state index >= 15 is 0 Å². The third-order valence-corrected chi connectivity index (χ3v) is 0. The molecule has 0 aromatic rings. The molecule has 0 atom stereocenters. The van der Waals surface area contributed by atoms with Gasteiger partial charge < -0.3 is 58.8 Å². The fraction of sp³-hybridized carbons (Fsp3) is 0. The zero-order valence-corrected chi connectivity index (χ0v) is 8.21. The summed E-state index contributed by atoms with van der Waals surface area (Å²) in [5.74, 6) is 0. The molecule has 0 heterocycles. The van der Waals surface area contributed by atoms with Crippen molar-refractivity contribution in [1.29, 1.82) is 0 Å². The first kappa shape index (κ1) is 264. The second-order valence-corrected chi connectivity index (χ2v) is 0.250. The molecule has 0 fully saturated rings. The monoisotopic (exact) mass is 330 g/mol. The molecule has 0 bridgehead atoms. The number of carboxylic acid groups (broad SMARTS) is 2. The van der Waals surface area contributed by atoms with Crippen LogP contribution in [0.25, 0.3) is 0 Å². The summed E-state index contributed by atoms with van der Waals surface area (Å²) < 4.78 is 0. The van der Waals surface area contributed by atoms with E-state index in [0.717, 1.165) is 0 Å². The molecule has 0 aromatic heterocycles. The second kappa shape index (κ2) is 209. The number of carbonyl (C=O) groups is 1. The molecule has 0 aliphatic carbocycles. The van der Waals surface area contributed by atoms with Crippen LogP contribution >= 0.6 is 0 Å². The van der Waals surface area contributed by atoms with Crippen LogP contribution in [0.1, 0.15) is 0 Å². The number of hydrogen-bond acceptors (Lipinski definition) is 3. The van der Waals surface area contributed by atoms with E-state index in [-0.39, 0.29) is 77.9 Å². The molecule has 0 saturated carbocycles. The SMILES string of the molecule is O.O.O.O.O.O.O.O.O=C([O-])[O-].[Cu+].[Cu+]. The van der Waals surface area contributed by atoms with Gasteiger partial charge in [-0.15, -0.1) is 0 Å². The predicted octanol–water partition coefficient (Wildman–Crippen LogP) is -9.05. The summed E-state index contributed by atoms with van der Waals surface area (Å²) in [5, 5.41) is 16.7. The van der Waals surface area contributed by atoms with Crippen molar-refractivity contribution in [1.82, 2.24) is 0 Å². The molecule has 14 heavy (non-hydrogen) atoms. The van der Waals surface area contributed by atoms with Gasteiger partial charge >= 0.3 is 34.1 Å². The van der Waals surface area contributed by atoms with Crippen LogP contribution < -0.4 is 10.2 Å². The first-order chi connectivity index (χ1) is 1.73. The zero-order valence-electron chi connectivity index (χ0n) is 6.33. The minimum Gasteiger partial charge on any atom is -0.652 e. The van der Waals surface area contributed by atoms with Gasteiger partial charge in [0.15, 0.2) is 0 Å². The van der Waals surface area contributed by atoms with Gasteiger partial charge in [0, 0.05) is 0 Å². The van der Waals surface area contributed by atoms with Gasteiger partial charge in [0.05, 0.1) is 0 Å². The molecule has 0 radical (unpaired) electrons. The van der Waals surface area contributed by atoms with Crippen molar-refractivity contribution < 1.29 is 93.0 Å². The van der Waals surface area contributed by atoms with Crippen molar-refractivity contribution in [3.8, 4) is 0 Å². The van der Waals surface area contributed by atoms with E-state index in [4.69, 9.17) is 15.0 Å². The summed E-state index contributed by atoms with van der Waals surface area (Å²) in [4.78, 5) is 8.33. The molecule has 0 aliphatic heterocycles. The fourth-order valence-electron chi connectivity index (χ4n) is 0. The van der Waals surface area contributed by atoms with Crippen LogP contribution in [0.2, 0.25) is 0 Å². The average Bonchev–Trinajstić information content (AvgIpc) is 0.811. The van der Waals surface area contributed by atoms with Crippen molar-refractivity contribution in [3.05, 3.63) is 0 Å². The Balaban J connectivity index is -0.000000001000. The van der Waals surface area contributed by atoms with Crippen molar-refractivity contribution in [2.24, 2.45) is 0 Å². The summed E-state index contributed by atoms with van der Waals surface area (Å²) in [7, 11) is 0. The van der Waals surface area contributed by atoms with Crippen LogP contribution in [0.5, 0.6) is 0 Å². The van der Waals surface area contributed by atoms with Crippen LogP contribution in [0.3, 0.4) is 0 Å². The van der Waals surface area contributed by atoms with E-state index in [1.807, 2.05) is 0 Å². The van der Waals surface area contributed by atoms with Crippen molar-refractivity contribution in [3.63, 3.8) is 0 Å². The quantitative estimate of drug-likeness (QED) is 0.390. The summed E-state index contributed by atoms with van der Waals surface area (Å²) in [6, 6.07) is 0. The van der Waals surface area contributed by atoms with Gasteiger partial charge in [0.2, 0.25) is 0 Å². The summed E-state index contributed by atoms with van der Waals surface area (Å²) >= 11 is 0. The minimum atomic E-state index is -2.33. The van der Waals surface area contributed by atoms with Gasteiger partial charge in [-0.25, -0.2) is 0 Å². The molecule has 108 valence electrons. The smallest absolute Gasteiger partial charge is 0.652 e. The Bertz CT molecular complexity index is 36.3. The standard InChI is InChI=1S/CH2O3.2Cu.8H2O/c2-1(3)4;;;;;;;;;;/h(H2,2,3,4);;;8*1H2/q;2*+1;;;;;;;;/p-2. The third kappa shape index (κ3) is 11900000. The van der Waals surface area contributed by atoms with Gasteiger partial charge in [-0.3, -0.25) is 0 Å². The van der Waals surface area contributed by atoms with E-state index in [2.05, 4.69) is 0 Å². The van der Waals surface area contributed by atoms with Gasteiger partial charge in [0.25, 0.3) is 0 Å². The molecule has 13 heteroatoms. The van der Waals surface area contributed by atoms with Gasteiger partial charge in [-0.2, -0.15) is 0 Å². The van der Waals surface area contributed by atoms with Crippen molar-refractivity contribution in [2.75, 3.05) is 0 Å². The number of carbonyl (C=O) groups excluding carboxylic acids is 1. The molecule has 0 rings (SSSR count). The maximum absolute atomic E-state index is 8.33. The molecule has 16 N–H and O–H groups in total. The molecule has 0 spiro atoms. The van der Waals surface area contributed by atoms with Crippen LogP contribution in [0.4, 0.5) is 4.79 Å². The first-order valence-corrected chi connectivity index (χ1v) is 0.612. The maximum atomic E-state index is 8.33. The van der Waals surface area contributed by atoms with E-state index in [1.54, 1.807) is 0 Å². The molecule has 0 aromatic carbocycles. The normalized spacial score (nSPS) is 1.71. The topological polar surface area (TPSA) is 315 Å². The Hall–Kier alpha value is -0.0110. The van der Waals surface area contributed by atoms with E-state index in [0.29, 0.717) is 0 Å². The summed E-state index contributed by atoms with van der Waals surface area (Å²) in [5.41, 5.74) is 0. The third-order valence-electron chi connectivity index (χ3n) is 0. The Morgan fingerprint density at radius 3 is 0.571 bits per heavy atom. The Kier molecular flexibility index (Phi) is 3940. The Morgan fingerprint density at radius 1 is 0.571 bits per heavy atom. The Labute approximate surface area is 99.5 Å². The number of hydrogen-bond donors (Lipinski definition) is 0. The van der Waals surface area contributed by atoms with Gasteiger partial charge in [-0.05, 0) is 6.16 Å². The Morgan fingerprint density at radius 2 is 0.571 bits per heavy atom. The van der Waals surface area contributed by atoms with Crippen LogP contribution in [0, 0.1) is 0 Å². The van der Waals surface area contributed by atoms with E-state index in [9.17, 15) is 0 Å². The van der Waals surface area contributed by atoms with Crippen molar-refractivity contribution >= 4 is 6.16 Å².